The molecular weight excluding hydrogens is 240 g/mol. The molecule has 1 atom stereocenters. The normalized spacial score (nSPS) is 16.8. The quantitative estimate of drug-likeness (QED) is 0.788. The second-order valence-corrected chi connectivity index (χ2v) is 4.75. The Bertz CT molecular complexity index is 436. The summed E-state index contributed by atoms with van der Waals surface area (Å²) >= 11 is 0. The standard InChI is InChI=1S/C15H20N2O2/c1-18-14-5-4-6-15(11-14)19-12-13(7-8-16)17-9-2-3-10-17/h4-6,11,13H,2-3,7,9-10,12H2,1H3. The van der Waals surface area contributed by atoms with Crippen molar-refractivity contribution >= 4 is 0 Å². The van der Waals surface area contributed by atoms with Crippen LogP contribution >= 0.6 is 0 Å². The summed E-state index contributed by atoms with van der Waals surface area (Å²) in [5.41, 5.74) is 0. The Morgan fingerprint density at radius 2 is 2.05 bits per heavy atom. The Hall–Kier alpha value is -1.73. The molecule has 0 amide bonds. The van der Waals surface area contributed by atoms with Gasteiger partial charge in [-0.1, -0.05) is 6.07 Å². The summed E-state index contributed by atoms with van der Waals surface area (Å²) in [5, 5.41) is 8.92. The molecule has 0 radical (unpaired) electrons. The Balaban J connectivity index is 1.92. The van der Waals surface area contributed by atoms with Gasteiger partial charge in [0.2, 0.25) is 0 Å². The average Bonchev–Trinajstić information content (AvgIpc) is 2.97. The molecule has 1 aromatic rings. The molecule has 102 valence electrons. The van der Waals surface area contributed by atoms with Crippen molar-refractivity contribution < 1.29 is 9.47 Å². The van der Waals surface area contributed by atoms with Crippen molar-refractivity contribution in [2.75, 3.05) is 26.8 Å². The minimum absolute atomic E-state index is 0.193. The molecule has 1 fully saturated rings. The molecule has 0 bridgehead atoms. The molecule has 0 spiro atoms. The van der Waals surface area contributed by atoms with Gasteiger partial charge in [0.25, 0.3) is 0 Å². The lowest BCUT2D eigenvalue weighted by Crippen LogP contribution is -2.37. The molecule has 19 heavy (non-hydrogen) atoms. The Morgan fingerprint density at radius 3 is 2.74 bits per heavy atom. The summed E-state index contributed by atoms with van der Waals surface area (Å²) in [6.07, 6.45) is 2.96. The maximum absolute atomic E-state index is 8.92. The third-order valence-electron chi connectivity index (χ3n) is 3.47. The zero-order valence-corrected chi connectivity index (χ0v) is 11.3. The first-order valence-electron chi connectivity index (χ1n) is 6.71. The monoisotopic (exact) mass is 260 g/mol. The number of likely N-dealkylation sites (tertiary alicyclic amines) is 1. The van der Waals surface area contributed by atoms with Crippen LogP contribution in [0.15, 0.2) is 24.3 Å². The molecule has 0 aromatic heterocycles. The zero-order valence-electron chi connectivity index (χ0n) is 11.3. The van der Waals surface area contributed by atoms with Crippen LogP contribution in [0.4, 0.5) is 0 Å². The van der Waals surface area contributed by atoms with E-state index in [1.165, 1.54) is 12.8 Å². The van der Waals surface area contributed by atoms with Crippen molar-refractivity contribution in [3.8, 4) is 17.6 Å². The third-order valence-corrected chi connectivity index (χ3v) is 3.47. The molecule has 4 nitrogen and oxygen atoms in total. The highest BCUT2D eigenvalue weighted by atomic mass is 16.5. The first-order valence-corrected chi connectivity index (χ1v) is 6.71. The van der Waals surface area contributed by atoms with Crippen LogP contribution in [-0.4, -0.2) is 37.7 Å². The first kappa shape index (κ1) is 13.7. The van der Waals surface area contributed by atoms with Gasteiger partial charge in [0.1, 0.15) is 18.1 Å². The van der Waals surface area contributed by atoms with Gasteiger partial charge in [-0.15, -0.1) is 0 Å². The maximum atomic E-state index is 8.92. The molecule has 0 saturated carbocycles. The molecule has 1 aromatic carbocycles. The fourth-order valence-corrected chi connectivity index (χ4v) is 2.39. The Morgan fingerprint density at radius 1 is 1.32 bits per heavy atom. The number of nitrogens with zero attached hydrogens (tertiary/aromatic N) is 2. The van der Waals surface area contributed by atoms with Crippen LogP contribution in [0.2, 0.25) is 0 Å². The molecule has 0 N–H and O–H groups in total. The lowest BCUT2D eigenvalue weighted by molar-refractivity contribution is 0.162. The van der Waals surface area contributed by atoms with Crippen molar-refractivity contribution in [1.82, 2.24) is 4.90 Å². The molecule has 1 aliphatic rings. The van der Waals surface area contributed by atoms with Gasteiger partial charge in [-0.3, -0.25) is 4.90 Å². The molecule has 1 heterocycles. The number of ether oxygens (including phenoxy) is 2. The van der Waals surface area contributed by atoms with E-state index in [1.807, 2.05) is 24.3 Å². The zero-order chi connectivity index (χ0) is 13.5. The van der Waals surface area contributed by atoms with Crippen LogP contribution in [-0.2, 0) is 0 Å². The fraction of sp³-hybridized carbons (Fsp3) is 0.533. The molecule has 2 rings (SSSR count). The number of hydrogen-bond acceptors (Lipinski definition) is 4. The highest BCUT2D eigenvalue weighted by molar-refractivity contribution is 5.32. The van der Waals surface area contributed by atoms with Crippen LogP contribution in [0.3, 0.4) is 0 Å². The van der Waals surface area contributed by atoms with Gasteiger partial charge in [-0.2, -0.15) is 5.26 Å². The van der Waals surface area contributed by atoms with Gasteiger partial charge in [-0.25, -0.2) is 0 Å². The predicted octanol–water partition coefficient (Wildman–Crippen LogP) is 2.45. The van der Waals surface area contributed by atoms with Crippen LogP contribution in [0, 0.1) is 11.3 Å². The average molecular weight is 260 g/mol. The highest BCUT2D eigenvalue weighted by Gasteiger charge is 2.22. The van der Waals surface area contributed by atoms with Gasteiger partial charge in [0.05, 0.1) is 25.6 Å². The lowest BCUT2D eigenvalue weighted by Gasteiger charge is -2.25. The van der Waals surface area contributed by atoms with E-state index >= 15 is 0 Å². The van der Waals surface area contributed by atoms with E-state index in [0.717, 1.165) is 24.6 Å². The van der Waals surface area contributed by atoms with Gasteiger partial charge in [-0.05, 0) is 38.1 Å². The second-order valence-electron chi connectivity index (χ2n) is 4.75. The van der Waals surface area contributed by atoms with Crippen molar-refractivity contribution in [2.45, 2.75) is 25.3 Å². The first-order chi connectivity index (χ1) is 9.33. The summed E-state index contributed by atoms with van der Waals surface area (Å²) in [7, 11) is 1.64. The summed E-state index contributed by atoms with van der Waals surface area (Å²) in [6, 6.07) is 10.0. The third kappa shape index (κ3) is 3.87. The van der Waals surface area contributed by atoms with E-state index in [2.05, 4.69) is 11.0 Å². The summed E-state index contributed by atoms with van der Waals surface area (Å²) < 4.78 is 11.0. The predicted molar refractivity (Wildman–Crippen MR) is 73.3 cm³/mol. The fourth-order valence-electron chi connectivity index (χ4n) is 2.39. The van der Waals surface area contributed by atoms with Crippen molar-refractivity contribution in [2.24, 2.45) is 0 Å². The SMILES string of the molecule is COc1cccc(OCC(CC#N)N2CCCC2)c1. The van der Waals surface area contributed by atoms with Crippen LogP contribution < -0.4 is 9.47 Å². The van der Waals surface area contributed by atoms with Crippen LogP contribution in [0.5, 0.6) is 11.5 Å². The number of benzene rings is 1. The summed E-state index contributed by atoms with van der Waals surface area (Å²) in [4.78, 5) is 2.35. The lowest BCUT2D eigenvalue weighted by atomic mass is 10.2. The van der Waals surface area contributed by atoms with Gasteiger partial charge >= 0.3 is 0 Å². The van der Waals surface area contributed by atoms with E-state index in [9.17, 15) is 0 Å². The maximum Gasteiger partial charge on any atom is 0.123 e. The van der Waals surface area contributed by atoms with E-state index in [4.69, 9.17) is 14.7 Å². The number of nitriles is 1. The topological polar surface area (TPSA) is 45.5 Å². The van der Waals surface area contributed by atoms with Gasteiger partial charge in [0.15, 0.2) is 0 Å². The number of hydrogen-bond donors (Lipinski definition) is 0. The van der Waals surface area contributed by atoms with Crippen LogP contribution in [0.25, 0.3) is 0 Å². The van der Waals surface area contributed by atoms with Crippen molar-refractivity contribution in [3.05, 3.63) is 24.3 Å². The van der Waals surface area contributed by atoms with E-state index < -0.39 is 0 Å². The van der Waals surface area contributed by atoms with Crippen molar-refractivity contribution in [1.29, 1.82) is 5.26 Å². The van der Waals surface area contributed by atoms with E-state index in [-0.39, 0.29) is 6.04 Å². The Kier molecular flexibility index (Phi) is 5.05. The van der Waals surface area contributed by atoms with Crippen LogP contribution in [0.1, 0.15) is 19.3 Å². The number of rotatable bonds is 6. The Labute approximate surface area is 114 Å². The number of methoxy groups -OCH3 is 1. The molecular formula is C15H20N2O2. The van der Waals surface area contributed by atoms with Gasteiger partial charge in [0, 0.05) is 6.07 Å². The minimum atomic E-state index is 0.193. The smallest absolute Gasteiger partial charge is 0.123 e. The summed E-state index contributed by atoms with van der Waals surface area (Å²) in [5.74, 6) is 1.58. The van der Waals surface area contributed by atoms with E-state index in [1.54, 1.807) is 7.11 Å². The second kappa shape index (κ2) is 7.01. The minimum Gasteiger partial charge on any atom is -0.497 e. The molecule has 1 saturated heterocycles. The molecule has 1 unspecified atom stereocenters. The largest absolute Gasteiger partial charge is 0.497 e. The highest BCUT2D eigenvalue weighted by Crippen LogP contribution is 2.20. The molecule has 1 aliphatic heterocycles. The van der Waals surface area contributed by atoms with Gasteiger partial charge < -0.3 is 9.47 Å². The molecule has 0 aliphatic carbocycles. The van der Waals surface area contributed by atoms with E-state index in [0.29, 0.717) is 13.0 Å². The van der Waals surface area contributed by atoms with Crippen molar-refractivity contribution in [3.63, 3.8) is 0 Å². The summed E-state index contributed by atoms with van der Waals surface area (Å²) in [6.45, 7) is 2.71. The molecule has 4 heteroatoms.